The molecule has 0 spiro atoms. The van der Waals surface area contributed by atoms with Gasteiger partial charge in [0.2, 0.25) is 4.08 Å². The lowest BCUT2D eigenvalue weighted by molar-refractivity contribution is 0.407. The summed E-state index contributed by atoms with van der Waals surface area (Å²) in [5, 5.41) is 0. The van der Waals surface area contributed by atoms with Crippen molar-refractivity contribution in [3.05, 3.63) is 35.4 Å². The summed E-state index contributed by atoms with van der Waals surface area (Å²) < 4.78 is 67.7. The van der Waals surface area contributed by atoms with Gasteiger partial charge < -0.3 is 0 Å². The molecule has 0 saturated heterocycles. The molecular formula is C25H44O6S2. The highest BCUT2D eigenvalue weighted by Gasteiger charge is 2.56. The summed E-state index contributed by atoms with van der Waals surface area (Å²) in [7, 11) is -10.3. The Morgan fingerprint density at radius 2 is 1.06 bits per heavy atom. The largest absolute Gasteiger partial charge is 0.292 e. The van der Waals surface area contributed by atoms with Gasteiger partial charge in [-0.25, -0.2) is 0 Å². The van der Waals surface area contributed by atoms with Crippen LogP contribution in [0.15, 0.2) is 24.3 Å². The molecule has 6 nitrogen and oxygen atoms in total. The molecule has 1 aromatic carbocycles. The molecule has 1 rings (SSSR count). The average molecular weight is 505 g/mol. The second-order valence-corrected chi connectivity index (χ2v) is 12.7. The van der Waals surface area contributed by atoms with E-state index in [1.807, 2.05) is 0 Å². The second kappa shape index (κ2) is 15.1. The molecule has 8 heteroatoms. The second-order valence-electron chi connectivity index (χ2n) is 9.10. The molecule has 0 aromatic heterocycles. The SMILES string of the molecule is CCCCCCCCCc1ccccc1C(CCCCCCCCC)(S(=O)(=O)O)S(=O)(=O)O. The summed E-state index contributed by atoms with van der Waals surface area (Å²) in [6.45, 7) is 4.29. The molecule has 0 bridgehead atoms. The fraction of sp³-hybridized carbons (Fsp3) is 0.760. The van der Waals surface area contributed by atoms with Gasteiger partial charge in [0.25, 0.3) is 20.2 Å². The maximum absolute atomic E-state index is 12.6. The Morgan fingerprint density at radius 1 is 0.636 bits per heavy atom. The number of rotatable bonds is 19. The lowest BCUT2D eigenvalue weighted by atomic mass is 9.95. The van der Waals surface area contributed by atoms with Crippen LogP contribution in [0.5, 0.6) is 0 Å². The predicted molar refractivity (Wildman–Crippen MR) is 136 cm³/mol. The normalized spacial score (nSPS) is 12.8. The third-order valence-electron chi connectivity index (χ3n) is 6.42. The minimum Gasteiger partial charge on any atom is -0.284 e. The summed E-state index contributed by atoms with van der Waals surface area (Å²) in [5.41, 5.74) is 0.524. The highest BCUT2D eigenvalue weighted by atomic mass is 32.3. The zero-order chi connectivity index (χ0) is 24.8. The summed E-state index contributed by atoms with van der Waals surface area (Å²) in [6, 6.07) is 6.40. The van der Waals surface area contributed by atoms with Gasteiger partial charge >= 0.3 is 0 Å². The Balaban J connectivity index is 3.05. The topological polar surface area (TPSA) is 109 Å². The number of benzene rings is 1. The zero-order valence-electron chi connectivity index (χ0n) is 20.5. The quantitative estimate of drug-likeness (QED) is 0.154. The van der Waals surface area contributed by atoms with Crippen molar-refractivity contribution in [2.24, 2.45) is 0 Å². The third kappa shape index (κ3) is 9.30. The van der Waals surface area contributed by atoms with Crippen LogP contribution in [0, 0.1) is 0 Å². The highest BCUT2D eigenvalue weighted by molar-refractivity contribution is 8.04. The fourth-order valence-electron chi connectivity index (χ4n) is 4.50. The van der Waals surface area contributed by atoms with Crippen molar-refractivity contribution in [1.82, 2.24) is 0 Å². The van der Waals surface area contributed by atoms with Gasteiger partial charge in [-0.15, -0.1) is 0 Å². The maximum atomic E-state index is 12.6. The van der Waals surface area contributed by atoms with Crippen LogP contribution < -0.4 is 0 Å². The molecule has 1 aromatic rings. The smallest absolute Gasteiger partial charge is 0.284 e. The van der Waals surface area contributed by atoms with Crippen molar-refractivity contribution in [2.75, 3.05) is 0 Å². The number of hydrogen-bond donors (Lipinski definition) is 2. The van der Waals surface area contributed by atoms with Crippen LogP contribution >= 0.6 is 0 Å². The van der Waals surface area contributed by atoms with E-state index in [9.17, 15) is 25.9 Å². The van der Waals surface area contributed by atoms with Crippen LogP contribution in [0.1, 0.15) is 121 Å². The van der Waals surface area contributed by atoms with Gasteiger partial charge in [-0.2, -0.15) is 16.8 Å². The molecule has 0 fully saturated rings. The summed E-state index contributed by atoms with van der Waals surface area (Å²) in [5.74, 6) is 0. The zero-order valence-corrected chi connectivity index (χ0v) is 22.1. The minimum atomic E-state index is -5.14. The molecule has 0 heterocycles. The first kappa shape index (κ1) is 30.1. The van der Waals surface area contributed by atoms with Crippen LogP contribution in [-0.2, 0) is 30.7 Å². The van der Waals surface area contributed by atoms with E-state index >= 15 is 0 Å². The molecule has 0 aliphatic rings. The van der Waals surface area contributed by atoms with E-state index in [1.54, 1.807) is 18.2 Å². The van der Waals surface area contributed by atoms with Gasteiger partial charge in [0, 0.05) is 0 Å². The first-order valence-corrected chi connectivity index (χ1v) is 15.5. The molecule has 0 atom stereocenters. The van der Waals surface area contributed by atoms with Gasteiger partial charge in [0.05, 0.1) is 0 Å². The molecular weight excluding hydrogens is 460 g/mol. The predicted octanol–water partition coefficient (Wildman–Crippen LogP) is 7.05. The number of aryl methyl sites for hydroxylation is 1. The Morgan fingerprint density at radius 3 is 1.55 bits per heavy atom. The summed E-state index contributed by atoms with van der Waals surface area (Å²) in [4.78, 5) is 0. The van der Waals surface area contributed by atoms with Crippen molar-refractivity contribution in [3.63, 3.8) is 0 Å². The van der Waals surface area contributed by atoms with E-state index in [1.165, 1.54) is 25.3 Å². The van der Waals surface area contributed by atoms with Crippen molar-refractivity contribution >= 4 is 20.2 Å². The van der Waals surface area contributed by atoms with Crippen LogP contribution in [-0.4, -0.2) is 25.9 Å². The van der Waals surface area contributed by atoms with Crippen molar-refractivity contribution in [2.45, 2.75) is 121 Å². The van der Waals surface area contributed by atoms with Crippen molar-refractivity contribution in [1.29, 1.82) is 0 Å². The van der Waals surface area contributed by atoms with Gasteiger partial charge in [0.15, 0.2) is 0 Å². The minimum absolute atomic E-state index is 0.0213. The molecule has 0 radical (unpaired) electrons. The van der Waals surface area contributed by atoms with E-state index in [0.717, 1.165) is 57.8 Å². The Bertz CT molecular complexity index is 846. The number of unbranched alkanes of at least 4 members (excludes halogenated alkanes) is 12. The van der Waals surface area contributed by atoms with Gasteiger partial charge in [-0.1, -0.05) is 122 Å². The van der Waals surface area contributed by atoms with Crippen molar-refractivity contribution in [3.8, 4) is 0 Å². The van der Waals surface area contributed by atoms with E-state index in [4.69, 9.17) is 0 Å². The average Bonchev–Trinajstić information content (AvgIpc) is 2.74. The van der Waals surface area contributed by atoms with E-state index in [0.29, 0.717) is 18.4 Å². The maximum Gasteiger partial charge on any atom is 0.292 e. The third-order valence-corrected chi connectivity index (χ3v) is 10.2. The van der Waals surface area contributed by atoms with E-state index in [-0.39, 0.29) is 18.4 Å². The van der Waals surface area contributed by atoms with Gasteiger partial charge in [-0.3, -0.25) is 9.11 Å². The standard InChI is InChI=1S/C25H44O6S2/c1-3-5-7-9-11-13-15-19-23-20-16-17-21-24(23)25(32(26,27)28,33(29,30)31)22-18-14-12-10-8-6-4-2/h16-17,20-21H,3-15,18-19,22H2,1-2H3,(H,26,27,28)(H,29,30,31). The Labute approximate surface area is 202 Å². The lowest BCUT2D eigenvalue weighted by Gasteiger charge is -2.30. The van der Waals surface area contributed by atoms with Crippen LogP contribution in [0.2, 0.25) is 0 Å². The van der Waals surface area contributed by atoms with Crippen LogP contribution in [0.4, 0.5) is 0 Å². The molecule has 0 unspecified atom stereocenters. The molecule has 0 amide bonds. The van der Waals surface area contributed by atoms with Crippen LogP contribution in [0.3, 0.4) is 0 Å². The highest BCUT2D eigenvalue weighted by Crippen LogP contribution is 2.42. The monoisotopic (exact) mass is 504 g/mol. The molecule has 0 aliphatic heterocycles. The van der Waals surface area contributed by atoms with E-state index < -0.39 is 24.3 Å². The van der Waals surface area contributed by atoms with Gasteiger partial charge in [-0.05, 0) is 30.4 Å². The molecule has 33 heavy (non-hydrogen) atoms. The van der Waals surface area contributed by atoms with Crippen molar-refractivity contribution < 1.29 is 25.9 Å². The van der Waals surface area contributed by atoms with Gasteiger partial charge in [0.1, 0.15) is 0 Å². The summed E-state index contributed by atoms with van der Waals surface area (Å²) in [6.07, 6.45) is 13.8. The first-order valence-electron chi connectivity index (χ1n) is 12.6. The van der Waals surface area contributed by atoms with Crippen LogP contribution in [0.25, 0.3) is 0 Å². The first-order chi connectivity index (χ1) is 15.6. The molecule has 192 valence electrons. The Hall–Kier alpha value is -0.960. The van der Waals surface area contributed by atoms with E-state index in [2.05, 4.69) is 13.8 Å². The lowest BCUT2D eigenvalue weighted by Crippen LogP contribution is -2.44. The summed E-state index contributed by atoms with van der Waals surface area (Å²) >= 11 is 0. The number of hydrogen-bond acceptors (Lipinski definition) is 4. The molecule has 0 aliphatic carbocycles. The molecule has 2 N–H and O–H groups in total. The molecule has 0 saturated carbocycles. The fourth-order valence-corrected chi connectivity index (χ4v) is 7.32. The Kier molecular flexibility index (Phi) is 13.8.